The van der Waals surface area contributed by atoms with Gasteiger partial charge in [-0.15, -0.1) is 0 Å². The van der Waals surface area contributed by atoms with Crippen LogP contribution in [0.15, 0.2) is 0 Å². The van der Waals surface area contributed by atoms with E-state index in [0.717, 1.165) is 18.4 Å². The number of nitrogens with one attached hydrogen (secondary N) is 1. The van der Waals surface area contributed by atoms with Crippen LogP contribution in [0.5, 0.6) is 0 Å². The molecule has 0 aliphatic heterocycles. The molecule has 2 aliphatic carbocycles. The first-order valence-electron chi connectivity index (χ1n) is 7.85. The fourth-order valence-corrected chi connectivity index (χ4v) is 4.24. The van der Waals surface area contributed by atoms with Gasteiger partial charge in [0.15, 0.2) is 0 Å². The highest BCUT2D eigenvalue weighted by molar-refractivity contribution is 5.01. The Morgan fingerprint density at radius 2 is 1.89 bits per heavy atom. The van der Waals surface area contributed by atoms with E-state index in [1.54, 1.807) is 0 Å². The first kappa shape index (κ1) is 14.3. The molecule has 0 aromatic carbocycles. The second kappa shape index (κ2) is 5.13. The lowest BCUT2D eigenvalue weighted by Crippen LogP contribution is -2.60. The highest BCUT2D eigenvalue weighted by Gasteiger charge is 2.42. The van der Waals surface area contributed by atoms with Crippen molar-refractivity contribution in [1.82, 2.24) is 5.32 Å². The van der Waals surface area contributed by atoms with E-state index in [-0.39, 0.29) is 5.54 Å². The van der Waals surface area contributed by atoms with Crippen molar-refractivity contribution >= 4 is 0 Å². The van der Waals surface area contributed by atoms with Gasteiger partial charge in [0, 0.05) is 18.1 Å². The first-order valence-corrected chi connectivity index (χ1v) is 7.85. The average Bonchev–Trinajstić information content (AvgIpc) is 2.62. The van der Waals surface area contributed by atoms with Gasteiger partial charge in [-0.25, -0.2) is 0 Å². The summed E-state index contributed by atoms with van der Waals surface area (Å²) in [5.41, 5.74) is 6.90. The molecule has 18 heavy (non-hydrogen) atoms. The molecule has 2 rings (SSSR count). The highest BCUT2D eigenvalue weighted by atomic mass is 15.0. The minimum absolute atomic E-state index is 0.220. The smallest absolute Gasteiger partial charge is 0.0332 e. The second-order valence-corrected chi connectivity index (χ2v) is 7.89. The van der Waals surface area contributed by atoms with Crippen LogP contribution in [0.2, 0.25) is 0 Å². The predicted octanol–water partition coefficient (Wildman–Crippen LogP) is 3.31. The van der Waals surface area contributed by atoms with Crippen LogP contribution in [0, 0.1) is 17.3 Å². The van der Waals surface area contributed by atoms with E-state index < -0.39 is 0 Å². The van der Waals surface area contributed by atoms with E-state index in [1.165, 1.54) is 38.5 Å². The number of hydrogen-bond donors (Lipinski definition) is 2. The third-order valence-electron chi connectivity index (χ3n) is 5.61. The van der Waals surface area contributed by atoms with Crippen LogP contribution in [0.1, 0.15) is 66.2 Å². The first-order chi connectivity index (χ1) is 8.37. The maximum atomic E-state index is 6.16. The molecule has 4 unspecified atom stereocenters. The average molecular weight is 252 g/mol. The molecule has 2 heteroatoms. The molecule has 0 bridgehead atoms. The summed E-state index contributed by atoms with van der Waals surface area (Å²) in [4.78, 5) is 0. The van der Waals surface area contributed by atoms with Gasteiger partial charge in [-0.2, -0.15) is 0 Å². The molecule has 2 nitrogen and oxygen atoms in total. The summed E-state index contributed by atoms with van der Waals surface area (Å²) < 4.78 is 0. The van der Waals surface area contributed by atoms with Crippen molar-refractivity contribution in [2.45, 2.75) is 77.8 Å². The van der Waals surface area contributed by atoms with Crippen LogP contribution in [0.4, 0.5) is 0 Å². The molecule has 0 radical (unpaired) electrons. The Labute approximate surface area is 113 Å². The molecule has 0 aromatic rings. The molecule has 106 valence electrons. The van der Waals surface area contributed by atoms with Crippen molar-refractivity contribution < 1.29 is 0 Å². The zero-order chi connectivity index (χ0) is 13.4. The summed E-state index contributed by atoms with van der Waals surface area (Å²) in [6.07, 6.45) is 7.94. The Morgan fingerprint density at radius 3 is 2.39 bits per heavy atom. The van der Waals surface area contributed by atoms with Gasteiger partial charge in [-0.1, -0.05) is 27.7 Å². The summed E-state index contributed by atoms with van der Waals surface area (Å²) >= 11 is 0. The zero-order valence-corrected chi connectivity index (χ0v) is 12.8. The minimum Gasteiger partial charge on any atom is -0.329 e. The Kier molecular flexibility index (Phi) is 4.08. The Bertz CT molecular complexity index is 287. The van der Waals surface area contributed by atoms with Crippen molar-refractivity contribution in [2.24, 2.45) is 23.0 Å². The third-order valence-corrected chi connectivity index (χ3v) is 5.61. The molecule has 0 spiro atoms. The molecular formula is C16H32N2. The zero-order valence-electron chi connectivity index (χ0n) is 12.8. The van der Waals surface area contributed by atoms with Gasteiger partial charge in [0.2, 0.25) is 0 Å². The molecule has 2 fully saturated rings. The van der Waals surface area contributed by atoms with Crippen molar-refractivity contribution in [1.29, 1.82) is 0 Å². The Hall–Kier alpha value is -0.0800. The quantitative estimate of drug-likeness (QED) is 0.809. The molecule has 0 aromatic heterocycles. The van der Waals surface area contributed by atoms with Gasteiger partial charge in [-0.3, -0.25) is 0 Å². The predicted molar refractivity (Wildman–Crippen MR) is 78.5 cm³/mol. The molecule has 0 saturated heterocycles. The highest BCUT2D eigenvalue weighted by Crippen LogP contribution is 2.41. The third kappa shape index (κ3) is 2.91. The summed E-state index contributed by atoms with van der Waals surface area (Å²) in [6.45, 7) is 10.4. The Balaban J connectivity index is 2.00. The van der Waals surface area contributed by atoms with Crippen molar-refractivity contribution in [3.63, 3.8) is 0 Å². The lowest BCUT2D eigenvalue weighted by molar-refractivity contribution is 0.114. The fraction of sp³-hybridized carbons (Fsp3) is 1.00. The molecule has 0 heterocycles. The van der Waals surface area contributed by atoms with E-state index in [0.29, 0.717) is 11.5 Å². The molecular weight excluding hydrogens is 220 g/mol. The summed E-state index contributed by atoms with van der Waals surface area (Å²) in [5.74, 6) is 1.59. The van der Waals surface area contributed by atoms with Crippen molar-refractivity contribution in [3.8, 4) is 0 Å². The van der Waals surface area contributed by atoms with Crippen LogP contribution in [-0.2, 0) is 0 Å². The lowest BCUT2D eigenvalue weighted by atomic mass is 9.69. The van der Waals surface area contributed by atoms with Crippen LogP contribution in [-0.4, -0.2) is 18.1 Å². The number of rotatable bonds is 3. The van der Waals surface area contributed by atoms with E-state index in [4.69, 9.17) is 5.73 Å². The van der Waals surface area contributed by atoms with E-state index in [2.05, 4.69) is 33.0 Å². The van der Waals surface area contributed by atoms with Crippen molar-refractivity contribution in [2.75, 3.05) is 6.54 Å². The van der Waals surface area contributed by atoms with Gasteiger partial charge in [0.25, 0.3) is 0 Å². The summed E-state index contributed by atoms with van der Waals surface area (Å²) in [6, 6.07) is 0.694. The largest absolute Gasteiger partial charge is 0.329 e. The van der Waals surface area contributed by atoms with E-state index >= 15 is 0 Å². The van der Waals surface area contributed by atoms with Gasteiger partial charge >= 0.3 is 0 Å². The SMILES string of the molecule is CC1CCC(CN)(NC2CCC(C)(C)C2)C(C)C1. The van der Waals surface area contributed by atoms with Gasteiger partial charge < -0.3 is 11.1 Å². The molecule has 2 aliphatic rings. The van der Waals surface area contributed by atoms with Gasteiger partial charge in [0.05, 0.1) is 0 Å². The van der Waals surface area contributed by atoms with Crippen molar-refractivity contribution in [3.05, 3.63) is 0 Å². The van der Waals surface area contributed by atoms with Crippen LogP contribution in [0.25, 0.3) is 0 Å². The minimum atomic E-state index is 0.220. The maximum Gasteiger partial charge on any atom is 0.0332 e. The second-order valence-electron chi connectivity index (χ2n) is 7.89. The Morgan fingerprint density at radius 1 is 1.17 bits per heavy atom. The van der Waals surface area contributed by atoms with Crippen LogP contribution >= 0.6 is 0 Å². The summed E-state index contributed by atoms with van der Waals surface area (Å²) in [7, 11) is 0. The molecule has 3 N–H and O–H groups in total. The number of nitrogens with two attached hydrogens (primary N) is 1. The fourth-order valence-electron chi connectivity index (χ4n) is 4.24. The van der Waals surface area contributed by atoms with Gasteiger partial charge in [-0.05, 0) is 55.8 Å². The normalized spacial score (nSPS) is 44.2. The topological polar surface area (TPSA) is 38.0 Å². The molecule has 4 atom stereocenters. The van der Waals surface area contributed by atoms with E-state index in [1.807, 2.05) is 0 Å². The lowest BCUT2D eigenvalue weighted by Gasteiger charge is -2.46. The maximum absolute atomic E-state index is 6.16. The standard InChI is InChI=1S/C16H32N2/c1-12-5-8-16(11-17,13(2)9-12)18-14-6-7-15(3,4)10-14/h12-14,18H,5-11,17H2,1-4H3. The number of hydrogen-bond acceptors (Lipinski definition) is 2. The van der Waals surface area contributed by atoms with E-state index in [9.17, 15) is 0 Å². The monoisotopic (exact) mass is 252 g/mol. The van der Waals surface area contributed by atoms with Gasteiger partial charge in [0.1, 0.15) is 0 Å². The van der Waals surface area contributed by atoms with Crippen LogP contribution in [0.3, 0.4) is 0 Å². The molecule has 0 amide bonds. The molecule has 2 saturated carbocycles. The summed E-state index contributed by atoms with van der Waals surface area (Å²) in [5, 5.41) is 3.98. The van der Waals surface area contributed by atoms with Crippen LogP contribution < -0.4 is 11.1 Å².